The van der Waals surface area contributed by atoms with Gasteiger partial charge in [0.15, 0.2) is 5.84 Å². The van der Waals surface area contributed by atoms with E-state index in [2.05, 4.69) is 15.6 Å². The van der Waals surface area contributed by atoms with E-state index < -0.39 is 6.04 Å². The fraction of sp³-hybridized carbons (Fsp3) is 0.615. The number of nitrogens with one attached hydrogen (secondary N) is 2. The monoisotopic (exact) mass is 312 g/mol. The molecule has 0 bridgehead atoms. The lowest BCUT2D eigenvalue weighted by Crippen LogP contribution is -2.37. The van der Waals surface area contributed by atoms with Gasteiger partial charge < -0.3 is 15.1 Å². The van der Waals surface area contributed by atoms with Crippen LogP contribution in [0, 0.1) is 10.1 Å². The standard InChI is InChI=1S/C13H20N4O3S/c1-14-8-10-2-3-11(20-10)9-21-7-6-16-13-12(17(18)19)4-5-15-13/h2-3,12,14H,4-9H2,1H3,(H,15,16). The summed E-state index contributed by atoms with van der Waals surface area (Å²) in [7, 11) is 1.88. The molecule has 1 unspecified atom stereocenters. The molecule has 1 aliphatic rings. The summed E-state index contributed by atoms with van der Waals surface area (Å²) in [5.74, 6) is 4.06. The predicted octanol–water partition coefficient (Wildman–Crippen LogP) is 1.27. The molecule has 1 aromatic heterocycles. The number of thioether (sulfide) groups is 1. The average Bonchev–Trinajstić information content (AvgIpc) is 3.08. The van der Waals surface area contributed by atoms with Crippen molar-refractivity contribution >= 4 is 17.6 Å². The summed E-state index contributed by atoms with van der Waals surface area (Å²) in [6.07, 6.45) is 0.503. The minimum absolute atomic E-state index is 0.266. The molecule has 0 radical (unpaired) electrons. The highest BCUT2D eigenvalue weighted by atomic mass is 32.2. The highest BCUT2D eigenvalue weighted by molar-refractivity contribution is 7.98. The van der Waals surface area contributed by atoms with E-state index in [0.717, 1.165) is 29.6 Å². The third-order valence-electron chi connectivity index (χ3n) is 3.12. The van der Waals surface area contributed by atoms with Gasteiger partial charge in [-0.05, 0) is 19.2 Å². The molecule has 0 saturated heterocycles. The van der Waals surface area contributed by atoms with E-state index in [1.54, 1.807) is 11.8 Å². The summed E-state index contributed by atoms with van der Waals surface area (Å²) in [4.78, 5) is 14.7. The summed E-state index contributed by atoms with van der Waals surface area (Å²) in [6, 6.07) is 3.31. The zero-order valence-corrected chi connectivity index (χ0v) is 12.8. The number of hydrogen-bond donors (Lipinski definition) is 2. The topological polar surface area (TPSA) is 92.7 Å². The van der Waals surface area contributed by atoms with E-state index in [4.69, 9.17) is 4.42 Å². The molecule has 0 spiro atoms. The fourth-order valence-electron chi connectivity index (χ4n) is 2.12. The maximum Gasteiger partial charge on any atom is 0.270 e. The largest absolute Gasteiger partial charge is 0.464 e. The molecule has 1 atom stereocenters. The normalized spacial score (nSPS) is 17.8. The van der Waals surface area contributed by atoms with Gasteiger partial charge in [0.05, 0.1) is 12.3 Å². The van der Waals surface area contributed by atoms with E-state index in [1.165, 1.54) is 0 Å². The van der Waals surface area contributed by atoms with Gasteiger partial charge in [-0.1, -0.05) is 0 Å². The maximum absolute atomic E-state index is 10.8. The Morgan fingerprint density at radius 1 is 1.52 bits per heavy atom. The van der Waals surface area contributed by atoms with Gasteiger partial charge in [0.1, 0.15) is 11.5 Å². The van der Waals surface area contributed by atoms with Gasteiger partial charge in [0.2, 0.25) is 0 Å². The average molecular weight is 312 g/mol. The smallest absolute Gasteiger partial charge is 0.270 e. The molecule has 116 valence electrons. The fourth-order valence-corrected chi connectivity index (χ4v) is 2.87. The van der Waals surface area contributed by atoms with Crippen LogP contribution in [-0.4, -0.2) is 42.7 Å². The molecule has 8 heteroatoms. The van der Waals surface area contributed by atoms with Gasteiger partial charge in [-0.15, -0.1) is 0 Å². The third-order valence-corrected chi connectivity index (χ3v) is 4.10. The van der Waals surface area contributed by atoms with Gasteiger partial charge in [0.25, 0.3) is 6.04 Å². The van der Waals surface area contributed by atoms with Crippen LogP contribution in [0.2, 0.25) is 0 Å². The first kappa shape index (κ1) is 15.8. The van der Waals surface area contributed by atoms with Crippen LogP contribution in [-0.2, 0) is 12.3 Å². The van der Waals surface area contributed by atoms with E-state index in [-0.39, 0.29) is 4.92 Å². The Hall–Kier alpha value is -1.54. The Balaban J connectivity index is 1.62. The van der Waals surface area contributed by atoms with Crippen LogP contribution in [0.5, 0.6) is 0 Å². The molecule has 1 aliphatic heterocycles. The van der Waals surface area contributed by atoms with E-state index in [0.29, 0.717) is 25.3 Å². The van der Waals surface area contributed by atoms with Gasteiger partial charge in [-0.3, -0.25) is 15.1 Å². The van der Waals surface area contributed by atoms with Crippen molar-refractivity contribution in [1.29, 1.82) is 0 Å². The van der Waals surface area contributed by atoms with E-state index in [1.807, 2.05) is 19.2 Å². The number of hydrogen-bond acceptors (Lipinski definition) is 7. The molecule has 2 rings (SSSR count). The second-order valence-electron chi connectivity index (χ2n) is 4.73. The number of amidine groups is 1. The van der Waals surface area contributed by atoms with Crippen molar-refractivity contribution in [2.75, 3.05) is 25.9 Å². The minimum Gasteiger partial charge on any atom is -0.464 e. The van der Waals surface area contributed by atoms with Crippen LogP contribution in [0.1, 0.15) is 17.9 Å². The Morgan fingerprint density at radius 2 is 2.33 bits per heavy atom. The van der Waals surface area contributed by atoms with Crippen molar-refractivity contribution < 1.29 is 9.34 Å². The van der Waals surface area contributed by atoms with Gasteiger partial charge in [-0.2, -0.15) is 11.8 Å². The van der Waals surface area contributed by atoms with Crippen LogP contribution in [0.3, 0.4) is 0 Å². The minimum atomic E-state index is -0.649. The predicted molar refractivity (Wildman–Crippen MR) is 83.3 cm³/mol. The van der Waals surface area contributed by atoms with Crippen LogP contribution < -0.4 is 10.6 Å². The summed E-state index contributed by atoms with van der Waals surface area (Å²) in [5.41, 5.74) is 0. The summed E-state index contributed by atoms with van der Waals surface area (Å²) in [5, 5.41) is 16.9. The van der Waals surface area contributed by atoms with E-state index >= 15 is 0 Å². The van der Waals surface area contributed by atoms with Crippen molar-refractivity contribution in [3.05, 3.63) is 33.8 Å². The molecule has 7 nitrogen and oxygen atoms in total. The first-order chi connectivity index (χ1) is 10.2. The molecule has 2 N–H and O–H groups in total. The quantitative estimate of drug-likeness (QED) is 0.426. The number of nitrogens with zero attached hydrogens (tertiary/aromatic N) is 2. The molecule has 0 saturated carbocycles. The van der Waals surface area contributed by atoms with Crippen LogP contribution in [0.15, 0.2) is 21.5 Å². The molecule has 21 heavy (non-hydrogen) atoms. The number of rotatable bonds is 8. The molecule has 0 aliphatic carbocycles. The van der Waals surface area contributed by atoms with Crippen molar-refractivity contribution in [2.45, 2.75) is 24.8 Å². The Morgan fingerprint density at radius 3 is 3.10 bits per heavy atom. The molecule has 0 fully saturated rings. The molecular weight excluding hydrogens is 292 g/mol. The summed E-state index contributed by atoms with van der Waals surface area (Å²) >= 11 is 1.73. The molecular formula is C13H20N4O3S. The van der Waals surface area contributed by atoms with Crippen LogP contribution >= 0.6 is 11.8 Å². The Bertz CT molecular complexity index is 503. The van der Waals surface area contributed by atoms with Crippen LogP contribution in [0.25, 0.3) is 0 Å². The van der Waals surface area contributed by atoms with E-state index in [9.17, 15) is 10.1 Å². The Labute approximate surface area is 127 Å². The number of furan rings is 1. The highest BCUT2D eigenvalue weighted by Gasteiger charge is 2.30. The Kier molecular flexibility index (Phi) is 6.06. The molecule has 1 aromatic rings. The first-order valence-electron chi connectivity index (χ1n) is 6.92. The molecule has 0 amide bonds. The first-order valence-corrected chi connectivity index (χ1v) is 8.08. The highest BCUT2D eigenvalue weighted by Crippen LogP contribution is 2.15. The zero-order chi connectivity index (χ0) is 15.1. The van der Waals surface area contributed by atoms with Crippen LogP contribution in [0.4, 0.5) is 0 Å². The summed E-state index contributed by atoms with van der Waals surface area (Å²) in [6.45, 7) is 1.95. The molecule has 2 heterocycles. The third kappa shape index (κ3) is 4.75. The lowest BCUT2D eigenvalue weighted by atomic mass is 10.2. The lowest BCUT2D eigenvalue weighted by Gasteiger charge is -2.08. The lowest BCUT2D eigenvalue weighted by molar-refractivity contribution is -0.502. The van der Waals surface area contributed by atoms with Crippen molar-refractivity contribution in [3.63, 3.8) is 0 Å². The number of aliphatic imine (C=N–C) groups is 1. The second-order valence-corrected chi connectivity index (χ2v) is 5.84. The number of nitro groups is 1. The molecule has 0 aromatic carbocycles. The van der Waals surface area contributed by atoms with Crippen molar-refractivity contribution in [2.24, 2.45) is 4.99 Å². The van der Waals surface area contributed by atoms with Crippen molar-refractivity contribution in [3.8, 4) is 0 Å². The maximum atomic E-state index is 10.8. The van der Waals surface area contributed by atoms with Gasteiger partial charge in [0, 0.05) is 30.2 Å². The second kappa shape index (κ2) is 8.04. The van der Waals surface area contributed by atoms with Gasteiger partial charge in [-0.25, -0.2) is 0 Å². The van der Waals surface area contributed by atoms with Crippen molar-refractivity contribution in [1.82, 2.24) is 10.6 Å². The SMILES string of the molecule is CNCc1ccc(CSCCNC2=NCCC2[N+](=O)[O-])o1. The zero-order valence-electron chi connectivity index (χ0n) is 12.0. The summed E-state index contributed by atoms with van der Waals surface area (Å²) < 4.78 is 5.64. The van der Waals surface area contributed by atoms with Gasteiger partial charge >= 0.3 is 0 Å².